The van der Waals surface area contributed by atoms with E-state index in [0.29, 0.717) is 11.4 Å². The van der Waals surface area contributed by atoms with E-state index in [1.807, 2.05) is 25.1 Å². The number of hydrogen-bond donors (Lipinski definition) is 0. The fraction of sp³-hybridized carbons (Fsp3) is 0.300. The van der Waals surface area contributed by atoms with Crippen LogP contribution in [0.25, 0.3) is 0 Å². The second kappa shape index (κ2) is 4.28. The van der Waals surface area contributed by atoms with Gasteiger partial charge >= 0.3 is 5.97 Å². The van der Waals surface area contributed by atoms with Gasteiger partial charge in [-0.05, 0) is 18.1 Å². The van der Waals surface area contributed by atoms with E-state index >= 15 is 0 Å². The van der Waals surface area contributed by atoms with Crippen LogP contribution in [0.1, 0.15) is 21.5 Å². The van der Waals surface area contributed by atoms with Crippen molar-refractivity contribution >= 4 is 17.6 Å². The summed E-state index contributed by atoms with van der Waals surface area (Å²) in [6.45, 7) is 1.86. The molecule has 0 radical (unpaired) electrons. The molecule has 0 spiro atoms. The van der Waals surface area contributed by atoms with Gasteiger partial charge in [-0.1, -0.05) is 18.2 Å². The molecule has 0 heterocycles. The predicted molar refractivity (Wildman–Crippen MR) is 52.1 cm³/mol. The Bertz CT molecular complexity index is 321. The van der Waals surface area contributed by atoms with Crippen molar-refractivity contribution in [1.82, 2.24) is 0 Å². The summed E-state index contributed by atoms with van der Waals surface area (Å²) in [6.07, 6.45) is 0. The zero-order valence-corrected chi connectivity index (χ0v) is 8.39. The number of halogens is 1. The average Bonchev–Trinajstić information content (AvgIpc) is 2.16. The first-order valence-electron chi connectivity index (χ1n) is 3.93. The Kier molecular flexibility index (Phi) is 3.32. The van der Waals surface area contributed by atoms with E-state index in [1.165, 1.54) is 7.11 Å². The van der Waals surface area contributed by atoms with Gasteiger partial charge in [0.25, 0.3) is 0 Å². The zero-order chi connectivity index (χ0) is 9.84. The molecule has 0 atom stereocenters. The standard InChI is InChI=1S/C10H11ClO2/c1-7-4-3-5-8(6-11)9(7)10(12)13-2/h3-5H,6H2,1-2H3. The fourth-order valence-electron chi connectivity index (χ4n) is 1.23. The van der Waals surface area contributed by atoms with Crippen molar-refractivity contribution in [3.63, 3.8) is 0 Å². The first-order valence-corrected chi connectivity index (χ1v) is 4.47. The molecule has 0 aliphatic rings. The second-order valence-corrected chi connectivity index (χ2v) is 3.00. The third-order valence-electron chi connectivity index (χ3n) is 1.89. The molecule has 0 N–H and O–H groups in total. The number of hydrogen-bond acceptors (Lipinski definition) is 2. The van der Waals surface area contributed by atoms with Gasteiger partial charge in [-0.2, -0.15) is 0 Å². The summed E-state index contributed by atoms with van der Waals surface area (Å²) in [5, 5.41) is 0. The smallest absolute Gasteiger partial charge is 0.338 e. The highest BCUT2D eigenvalue weighted by Gasteiger charge is 2.13. The van der Waals surface area contributed by atoms with Gasteiger partial charge in [-0.25, -0.2) is 4.79 Å². The summed E-state index contributed by atoms with van der Waals surface area (Å²) in [5.41, 5.74) is 2.29. The number of carbonyl (C=O) groups excluding carboxylic acids is 1. The lowest BCUT2D eigenvalue weighted by Crippen LogP contribution is -2.07. The van der Waals surface area contributed by atoms with Gasteiger partial charge < -0.3 is 4.74 Å². The lowest BCUT2D eigenvalue weighted by atomic mass is 10.0. The molecule has 0 aromatic heterocycles. The number of methoxy groups -OCH3 is 1. The van der Waals surface area contributed by atoms with Crippen LogP contribution in [0.5, 0.6) is 0 Å². The molecule has 3 heteroatoms. The number of ether oxygens (including phenoxy) is 1. The SMILES string of the molecule is COC(=O)c1c(C)cccc1CCl. The molecule has 0 saturated heterocycles. The van der Waals surface area contributed by atoms with E-state index in [0.717, 1.165) is 11.1 Å². The van der Waals surface area contributed by atoms with E-state index in [9.17, 15) is 4.79 Å². The second-order valence-electron chi connectivity index (χ2n) is 2.73. The highest BCUT2D eigenvalue weighted by atomic mass is 35.5. The van der Waals surface area contributed by atoms with Crippen molar-refractivity contribution in [2.45, 2.75) is 12.8 Å². The minimum Gasteiger partial charge on any atom is -0.465 e. The van der Waals surface area contributed by atoms with Gasteiger partial charge in [0.05, 0.1) is 12.7 Å². The van der Waals surface area contributed by atoms with Crippen LogP contribution in [0, 0.1) is 6.92 Å². The average molecular weight is 199 g/mol. The fourth-order valence-corrected chi connectivity index (χ4v) is 1.46. The van der Waals surface area contributed by atoms with Crippen LogP contribution in [0.2, 0.25) is 0 Å². The van der Waals surface area contributed by atoms with E-state index in [2.05, 4.69) is 4.74 Å². The molecule has 1 aromatic carbocycles. The lowest BCUT2D eigenvalue weighted by molar-refractivity contribution is 0.0599. The third kappa shape index (κ3) is 2.01. The molecule has 70 valence electrons. The van der Waals surface area contributed by atoms with Crippen LogP contribution in [-0.4, -0.2) is 13.1 Å². The molecular formula is C10H11ClO2. The molecule has 13 heavy (non-hydrogen) atoms. The van der Waals surface area contributed by atoms with Gasteiger partial charge in [0.2, 0.25) is 0 Å². The van der Waals surface area contributed by atoms with Crippen molar-refractivity contribution in [1.29, 1.82) is 0 Å². The number of alkyl halides is 1. The Morgan fingerprint density at radius 3 is 2.77 bits per heavy atom. The van der Waals surface area contributed by atoms with Gasteiger partial charge in [0, 0.05) is 5.88 Å². The lowest BCUT2D eigenvalue weighted by Gasteiger charge is -2.07. The minimum atomic E-state index is -0.325. The molecule has 2 nitrogen and oxygen atoms in total. The quantitative estimate of drug-likeness (QED) is 0.539. The minimum absolute atomic E-state index is 0.325. The molecule has 0 saturated carbocycles. The van der Waals surface area contributed by atoms with Gasteiger partial charge in [0.15, 0.2) is 0 Å². The molecule has 0 fully saturated rings. The Morgan fingerprint density at radius 2 is 2.23 bits per heavy atom. The number of carbonyl (C=O) groups is 1. The molecule has 0 aliphatic carbocycles. The van der Waals surface area contributed by atoms with Crippen LogP contribution in [-0.2, 0) is 10.6 Å². The number of aryl methyl sites for hydroxylation is 1. The summed E-state index contributed by atoms with van der Waals surface area (Å²) >= 11 is 5.70. The molecule has 1 rings (SSSR count). The Balaban J connectivity index is 3.22. The molecule has 0 bridgehead atoms. The number of benzene rings is 1. The summed E-state index contributed by atoms with van der Waals surface area (Å²) in [6, 6.07) is 5.56. The van der Waals surface area contributed by atoms with E-state index in [4.69, 9.17) is 11.6 Å². The molecule has 0 aliphatic heterocycles. The van der Waals surface area contributed by atoms with E-state index in [1.54, 1.807) is 0 Å². The molecule has 0 unspecified atom stereocenters. The van der Waals surface area contributed by atoms with Gasteiger partial charge in [-0.15, -0.1) is 11.6 Å². The Hall–Kier alpha value is -1.02. The Labute approximate surface area is 82.5 Å². The maximum Gasteiger partial charge on any atom is 0.338 e. The molecular weight excluding hydrogens is 188 g/mol. The third-order valence-corrected chi connectivity index (χ3v) is 2.18. The van der Waals surface area contributed by atoms with Crippen molar-refractivity contribution in [3.05, 3.63) is 34.9 Å². The topological polar surface area (TPSA) is 26.3 Å². The predicted octanol–water partition coefficient (Wildman–Crippen LogP) is 2.52. The molecule has 1 aromatic rings. The van der Waals surface area contributed by atoms with Crippen molar-refractivity contribution < 1.29 is 9.53 Å². The maximum absolute atomic E-state index is 11.3. The first kappa shape index (κ1) is 10.1. The maximum atomic E-state index is 11.3. The van der Waals surface area contributed by atoms with Crippen LogP contribution >= 0.6 is 11.6 Å². The van der Waals surface area contributed by atoms with Crippen LogP contribution < -0.4 is 0 Å². The van der Waals surface area contributed by atoms with Crippen molar-refractivity contribution in [2.75, 3.05) is 7.11 Å². The highest BCUT2D eigenvalue weighted by Crippen LogP contribution is 2.16. The summed E-state index contributed by atoms with van der Waals surface area (Å²) in [4.78, 5) is 11.3. The van der Waals surface area contributed by atoms with E-state index in [-0.39, 0.29) is 5.97 Å². The largest absolute Gasteiger partial charge is 0.465 e. The van der Waals surface area contributed by atoms with Gasteiger partial charge in [0.1, 0.15) is 0 Å². The zero-order valence-electron chi connectivity index (χ0n) is 7.63. The molecule has 0 amide bonds. The van der Waals surface area contributed by atoms with Crippen molar-refractivity contribution in [3.8, 4) is 0 Å². The summed E-state index contributed by atoms with van der Waals surface area (Å²) in [7, 11) is 1.37. The summed E-state index contributed by atoms with van der Waals surface area (Å²) < 4.78 is 4.66. The summed E-state index contributed by atoms with van der Waals surface area (Å²) in [5.74, 6) is 0.000278. The highest BCUT2D eigenvalue weighted by molar-refractivity contribution is 6.17. The van der Waals surface area contributed by atoms with Crippen LogP contribution in [0.4, 0.5) is 0 Å². The van der Waals surface area contributed by atoms with E-state index < -0.39 is 0 Å². The monoisotopic (exact) mass is 198 g/mol. The van der Waals surface area contributed by atoms with Crippen LogP contribution in [0.3, 0.4) is 0 Å². The van der Waals surface area contributed by atoms with Crippen LogP contribution in [0.15, 0.2) is 18.2 Å². The van der Waals surface area contributed by atoms with Gasteiger partial charge in [-0.3, -0.25) is 0 Å². The normalized spacial score (nSPS) is 9.77. The first-order chi connectivity index (χ1) is 6.20. The Morgan fingerprint density at radius 1 is 1.54 bits per heavy atom. The number of rotatable bonds is 2. The number of esters is 1. The van der Waals surface area contributed by atoms with Crippen molar-refractivity contribution in [2.24, 2.45) is 0 Å².